The molecule has 1 aliphatic heterocycles. The molecule has 2 amide bonds. The standard InChI is InChI=1S/C21H18BrClN4O4/c22-16-3-1-2-15(19(16)23)12-6-7-27-17(8-12)24-9-13(20(27)29)11-31-21(30)25-10-14-4-5-18(28)26-14/h1-3,6-9,14H,4-5,10-11H2,(H,25,30)(H,26,28). The van der Waals surface area contributed by atoms with E-state index in [-0.39, 0.29) is 36.2 Å². The van der Waals surface area contributed by atoms with Gasteiger partial charge in [-0.3, -0.25) is 14.0 Å². The molecule has 160 valence electrons. The summed E-state index contributed by atoms with van der Waals surface area (Å²) in [6, 6.07) is 9.05. The zero-order valence-electron chi connectivity index (χ0n) is 16.2. The molecular formula is C21H18BrClN4O4. The summed E-state index contributed by atoms with van der Waals surface area (Å²) in [7, 11) is 0. The Labute approximate surface area is 190 Å². The average molecular weight is 506 g/mol. The van der Waals surface area contributed by atoms with Gasteiger partial charge >= 0.3 is 6.09 Å². The molecule has 1 aliphatic rings. The molecule has 2 N–H and O–H groups in total. The van der Waals surface area contributed by atoms with Crippen molar-refractivity contribution < 1.29 is 14.3 Å². The zero-order chi connectivity index (χ0) is 22.0. The molecule has 4 rings (SSSR count). The van der Waals surface area contributed by atoms with Gasteiger partial charge in [0, 0.05) is 41.4 Å². The van der Waals surface area contributed by atoms with Crippen molar-refractivity contribution in [1.82, 2.24) is 20.0 Å². The van der Waals surface area contributed by atoms with Gasteiger partial charge in [-0.05, 0) is 46.1 Å². The summed E-state index contributed by atoms with van der Waals surface area (Å²) in [5, 5.41) is 5.91. The highest BCUT2D eigenvalue weighted by atomic mass is 79.9. The summed E-state index contributed by atoms with van der Waals surface area (Å²) < 4.78 is 7.29. The Kier molecular flexibility index (Phi) is 6.24. The fourth-order valence-electron chi connectivity index (χ4n) is 3.34. The SMILES string of the molecule is O=C1CCC(CNC(=O)OCc2cnc3cc(-c4cccc(Br)c4Cl)ccn3c2=O)N1. The van der Waals surface area contributed by atoms with Crippen molar-refractivity contribution in [3.8, 4) is 11.1 Å². The van der Waals surface area contributed by atoms with Crippen molar-refractivity contribution in [1.29, 1.82) is 0 Å². The number of halogens is 2. The largest absolute Gasteiger partial charge is 0.444 e. The average Bonchev–Trinajstić information content (AvgIpc) is 3.18. The first-order valence-electron chi connectivity index (χ1n) is 9.57. The molecule has 1 fully saturated rings. The van der Waals surface area contributed by atoms with E-state index in [2.05, 4.69) is 31.5 Å². The third-order valence-electron chi connectivity index (χ3n) is 4.98. The maximum atomic E-state index is 12.7. The molecule has 0 aliphatic carbocycles. The highest BCUT2D eigenvalue weighted by Crippen LogP contribution is 2.33. The second-order valence-corrected chi connectivity index (χ2v) is 8.33. The van der Waals surface area contributed by atoms with Crippen LogP contribution in [-0.2, 0) is 16.1 Å². The predicted molar refractivity (Wildman–Crippen MR) is 119 cm³/mol. The number of nitrogens with one attached hydrogen (secondary N) is 2. The number of carbonyl (C=O) groups is 2. The van der Waals surface area contributed by atoms with Crippen LogP contribution in [0.3, 0.4) is 0 Å². The van der Waals surface area contributed by atoms with Crippen LogP contribution in [-0.4, -0.2) is 34.0 Å². The monoisotopic (exact) mass is 504 g/mol. The number of amides is 2. The summed E-state index contributed by atoms with van der Waals surface area (Å²) in [5.41, 5.74) is 2.00. The van der Waals surface area contributed by atoms with E-state index in [0.29, 0.717) is 23.5 Å². The number of benzene rings is 1. The molecule has 1 atom stereocenters. The minimum atomic E-state index is -0.662. The first-order valence-corrected chi connectivity index (χ1v) is 10.7. The van der Waals surface area contributed by atoms with Crippen LogP contribution in [0.5, 0.6) is 0 Å². The summed E-state index contributed by atoms with van der Waals surface area (Å²) in [5.74, 6) is -0.0271. The van der Waals surface area contributed by atoms with Gasteiger partial charge in [0.15, 0.2) is 0 Å². The molecule has 3 aromatic rings. The predicted octanol–water partition coefficient (Wildman–Crippen LogP) is 3.28. The lowest BCUT2D eigenvalue weighted by atomic mass is 10.1. The van der Waals surface area contributed by atoms with Crippen LogP contribution in [0.15, 0.2) is 52.0 Å². The van der Waals surface area contributed by atoms with Gasteiger partial charge in [-0.25, -0.2) is 9.78 Å². The Morgan fingerprint density at radius 2 is 2.19 bits per heavy atom. The third kappa shape index (κ3) is 4.72. The van der Waals surface area contributed by atoms with Gasteiger partial charge in [-0.1, -0.05) is 23.7 Å². The molecule has 0 bridgehead atoms. The Balaban J connectivity index is 1.45. The van der Waals surface area contributed by atoms with Crippen molar-refractivity contribution in [3.63, 3.8) is 0 Å². The van der Waals surface area contributed by atoms with E-state index >= 15 is 0 Å². The number of carbonyl (C=O) groups excluding carboxylic acids is 2. The number of ether oxygens (including phenoxy) is 1. The Bertz CT molecular complexity index is 1230. The highest BCUT2D eigenvalue weighted by molar-refractivity contribution is 9.10. The van der Waals surface area contributed by atoms with Crippen LogP contribution in [0.25, 0.3) is 16.8 Å². The van der Waals surface area contributed by atoms with Crippen LogP contribution in [0.4, 0.5) is 4.79 Å². The van der Waals surface area contributed by atoms with Crippen LogP contribution >= 0.6 is 27.5 Å². The van der Waals surface area contributed by atoms with E-state index in [1.165, 1.54) is 10.6 Å². The summed E-state index contributed by atoms with van der Waals surface area (Å²) in [6.07, 6.45) is 3.47. The number of hydrogen-bond acceptors (Lipinski definition) is 5. The molecule has 2 aromatic heterocycles. The normalized spacial score (nSPS) is 15.7. The first-order chi connectivity index (χ1) is 14.9. The van der Waals surface area contributed by atoms with Crippen molar-refractivity contribution in [2.75, 3.05) is 6.54 Å². The number of alkyl carbamates (subject to hydrolysis) is 1. The lowest BCUT2D eigenvalue weighted by Crippen LogP contribution is -2.38. The van der Waals surface area contributed by atoms with Crippen molar-refractivity contribution >= 4 is 45.2 Å². The molecule has 8 nitrogen and oxygen atoms in total. The maximum Gasteiger partial charge on any atom is 0.407 e. The molecule has 3 heterocycles. The van der Waals surface area contributed by atoms with Crippen molar-refractivity contribution in [3.05, 3.63) is 68.1 Å². The summed E-state index contributed by atoms with van der Waals surface area (Å²) in [6.45, 7) is 0.0668. The van der Waals surface area contributed by atoms with Gasteiger partial charge in [0.1, 0.15) is 12.3 Å². The van der Waals surface area contributed by atoms with E-state index in [4.69, 9.17) is 16.3 Å². The van der Waals surface area contributed by atoms with E-state index in [0.717, 1.165) is 15.6 Å². The number of fused-ring (bicyclic) bond motifs is 1. The first kappa shape index (κ1) is 21.3. The number of nitrogens with zero attached hydrogens (tertiary/aromatic N) is 2. The van der Waals surface area contributed by atoms with Gasteiger partial charge < -0.3 is 15.4 Å². The fraction of sp³-hybridized carbons (Fsp3) is 0.238. The zero-order valence-corrected chi connectivity index (χ0v) is 18.6. The molecule has 1 unspecified atom stereocenters. The van der Waals surface area contributed by atoms with Gasteiger partial charge in [0.05, 0.1) is 10.6 Å². The van der Waals surface area contributed by atoms with Crippen LogP contribution in [0.2, 0.25) is 5.02 Å². The Morgan fingerprint density at radius 3 is 2.97 bits per heavy atom. The number of pyridine rings is 1. The minimum Gasteiger partial charge on any atom is -0.444 e. The lowest BCUT2D eigenvalue weighted by molar-refractivity contribution is -0.119. The van der Waals surface area contributed by atoms with Gasteiger partial charge in [0.2, 0.25) is 5.91 Å². The molecule has 10 heteroatoms. The van der Waals surface area contributed by atoms with E-state index < -0.39 is 6.09 Å². The van der Waals surface area contributed by atoms with Crippen LogP contribution in [0.1, 0.15) is 18.4 Å². The second-order valence-electron chi connectivity index (χ2n) is 7.09. The quantitative estimate of drug-likeness (QED) is 0.554. The Morgan fingerprint density at radius 1 is 1.35 bits per heavy atom. The third-order valence-corrected chi connectivity index (χ3v) is 6.28. The van der Waals surface area contributed by atoms with Crippen LogP contribution < -0.4 is 16.2 Å². The number of aromatic nitrogens is 2. The smallest absolute Gasteiger partial charge is 0.407 e. The maximum absolute atomic E-state index is 12.7. The molecule has 1 aromatic carbocycles. The number of hydrogen-bond donors (Lipinski definition) is 2. The van der Waals surface area contributed by atoms with Crippen molar-refractivity contribution in [2.45, 2.75) is 25.5 Å². The lowest BCUT2D eigenvalue weighted by Gasteiger charge is -2.12. The van der Waals surface area contributed by atoms with E-state index in [9.17, 15) is 14.4 Å². The molecular weight excluding hydrogens is 488 g/mol. The van der Waals surface area contributed by atoms with Crippen LogP contribution in [0, 0.1) is 0 Å². The van der Waals surface area contributed by atoms with Gasteiger partial charge in [0.25, 0.3) is 5.56 Å². The second kappa shape index (κ2) is 9.07. The van der Waals surface area contributed by atoms with Crippen molar-refractivity contribution in [2.24, 2.45) is 0 Å². The minimum absolute atomic E-state index is 0.0271. The molecule has 1 saturated heterocycles. The molecule has 0 spiro atoms. The van der Waals surface area contributed by atoms with Gasteiger partial charge in [-0.2, -0.15) is 0 Å². The van der Waals surface area contributed by atoms with Gasteiger partial charge in [-0.15, -0.1) is 0 Å². The summed E-state index contributed by atoms with van der Waals surface area (Å²) >= 11 is 9.78. The number of rotatable bonds is 5. The molecule has 0 radical (unpaired) electrons. The summed E-state index contributed by atoms with van der Waals surface area (Å²) in [4.78, 5) is 40.1. The molecule has 0 saturated carbocycles. The highest BCUT2D eigenvalue weighted by Gasteiger charge is 2.21. The molecule has 31 heavy (non-hydrogen) atoms. The van der Waals surface area contributed by atoms with E-state index in [1.807, 2.05) is 18.2 Å². The topological polar surface area (TPSA) is 102 Å². The Hall–Kier alpha value is -2.91. The van der Waals surface area contributed by atoms with E-state index in [1.54, 1.807) is 18.3 Å². The fourth-order valence-corrected chi connectivity index (χ4v) is 3.94.